The third-order valence-corrected chi connectivity index (χ3v) is 5.05. The monoisotopic (exact) mass is 251 g/mol. The van der Waals surface area contributed by atoms with Crippen molar-refractivity contribution in [2.45, 2.75) is 6.10 Å². The molecule has 7 nitrogen and oxygen atoms in total. The van der Waals surface area contributed by atoms with Crippen molar-refractivity contribution < 1.29 is 27.9 Å². The molecule has 1 unspecified atom stereocenters. The van der Waals surface area contributed by atoms with E-state index in [0.717, 1.165) is 0 Å². The maximum absolute atomic E-state index is 11.0. The Bertz CT molecular complexity index is 234. The molecule has 1 fully saturated rings. The smallest absolute Gasteiger partial charge is 0.465 e. The molecule has 0 aromatic heterocycles. The quantitative estimate of drug-likeness (QED) is 0.498. The summed E-state index contributed by atoms with van der Waals surface area (Å²) in [6.45, 7) is 0.922. The molecule has 1 N–H and O–H groups in total. The lowest BCUT2D eigenvalue weighted by Crippen LogP contribution is -2.55. The fourth-order valence-electron chi connectivity index (χ4n) is 1.31. The van der Waals surface area contributed by atoms with E-state index in [1.807, 2.05) is 0 Å². The number of epoxide rings is 1. The fraction of sp³-hybridized carbons (Fsp3) is 0.875. The second-order valence-electron chi connectivity index (χ2n) is 3.41. The van der Waals surface area contributed by atoms with E-state index in [2.05, 4.69) is 0 Å². The van der Waals surface area contributed by atoms with E-state index in [0.29, 0.717) is 13.2 Å². The Morgan fingerprint density at radius 2 is 1.94 bits per heavy atom. The predicted octanol–water partition coefficient (Wildman–Crippen LogP) is -0.217. The Morgan fingerprint density at radius 1 is 1.44 bits per heavy atom. The molecule has 1 amide bonds. The minimum absolute atomic E-state index is 0.00614. The van der Waals surface area contributed by atoms with Gasteiger partial charge >= 0.3 is 14.9 Å². The summed E-state index contributed by atoms with van der Waals surface area (Å²) in [6.07, 6.45) is -0.932. The van der Waals surface area contributed by atoms with Crippen LogP contribution in [0.25, 0.3) is 0 Å². The van der Waals surface area contributed by atoms with Gasteiger partial charge in [-0.3, -0.25) is 0 Å². The second-order valence-corrected chi connectivity index (χ2v) is 6.32. The van der Waals surface area contributed by atoms with Crippen molar-refractivity contribution >= 4 is 14.9 Å². The molecule has 0 aromatic rings. The van der Waals surface area contributed by atoms with Gasteiger partial charge in [0, 0.05) is 21.3 Å². The zero-order valence-electron chi connectivity index (χ0n) is 9.63. The lowest BCUT2D eigenvalue weighted by molar-refractivity contribution is 0.0938. The van der Waals surface area contributed by atoms with Crippen LogP contribution in [0, 0.1) is 0 Å². The summed E-state index contributed by atoms with van der Waals surface area (Å²) in [5.41, 5.74) is 0. The standard InChI is InChI=1S/C8H17NO6Si/c1-12-16(13-2,14-3)6-9(8(10)11)4-7-5-15-7/h7H,4-6H2,1-3H3,(H,10,11). The summed E-state index contributed by atoms with van der Waals surface area (Å²) < 4.78 is 20.5. The Kier molecular flexibility index (Phi) is 4.68. The molecule has 1 aliphatic rings. The van der Waals surface area contributed by atoms with Crippen molar-refractivity contribution in [1.82, 2.24) is 4.90 Å². The van der Waals surface area contributed by atoms with E-state index < -0.39 is 14.9 Å². The van der Waals surface area contributed by atoms with Gasteiger partial charge < -0.3 is 28.0 Å². The highest BCUT2D eigenvalue weighted by atomic mass is 28.4. The molecular formula is C8H17NO6Si. The van der Waals surface area contributed by atoms with E-state index >= 15 is 0 Å². The van der Waals surface area contributed by atoms with Crippen LogP contribution in [0.5, 0.6) is 0 Å². The van der Waals surface area contributed by atoms with Crippen LogP contribution in [-0.4, -0.2) is 71.7 Å². The van der Waals surface area contributed by atoms with Crippen LogP contribution in [0.1, 0.15) is 0 Å². The van der Waals surface area contributed by atoms with Crippen LogP contribution in [0.4, 0.5) is 4.79 Å². The molecule has 1 rings (SSSR count). The van der Waals surface area contributed by atoms with Crippen molar-refractivity contribution in [3.63, 3.8) is 0 Å². The van der Waals surface area contributed by atoms with Gasteiger partial charge in [0.2, 0.25) is 0 Å². The molecule has 1 heterocycles. The van der Waals surface area contributed by atoms with Crippen molar-refractivity contribution in [1.29, 1.82) is 0 Å². The van der Waals surface area contributed by atoms with Crippen molar-refractivity contribution in [2.75, 3.05) is 40.6 Å². The zero-order valence-corrected chi connectivity index (χ0v) is 10.6. The highest BCUT2D eigenvalue weighted by Crippen LogP contribution is 2.14. The molecule has 1 atom stereocenters. The third-order valence-electron chi connectivity index (χ3n) is 2.41. The van der Waals surface area contributed by atoms with Crippen molar-refractivity contribution in [3.8, 4) is 0 Å². The number of hydrogen-bond acceptors (Lipinski definition) is 5. The van der Waals surface area contributed by atoms with Gasteiger partial charge in [0.05, 0.1) is 25.4 Å². The van der Waals surface area contributed by atoms with Gasteiger partial charge in [0.25, 0.3) is 0 Å². The summed E-state index contributed by atoms with van der Waals surface area (Å²) in [7, 11) is 1.46. The minimum atomic E-state index is -2.89. The highest BCUT2D eigenvalue weighted by molar-refractivity contribution is 6.61. The molecule has 0 spiro atoms. The van der Waals surface area contributed by atoms with Gasteiger partial charge in [-0.15, -0.1) is 0 Å². The first-order chi connectivity index (χ1) is 7.56. The molecule has 8 heteroatoms. The van der Waals surface area contributed by atoms with Crippen LogP contribution in [0.3, 0.4) is 0 Å². The predicted molar refractivity (Wildman–Crippen MR) is 56.1 cm³/mol. The molecule has 0 aromatic carbocycles. The van der Waals surface area contributed by atoms with Crippen molar-refractivity contribution in [3.05, 3.63) is 0 Å². The number of hydrogen-bond donors (Lipinski definition) is 1. The first-order valence-corrected chi connectivity index (χ1v) is 6.75. The number of ether oxygens (including phenoxy) is 1. The first-order valence-electron chi connectivity index (χ1n) is 4.82. The number of carbonyl (C=O) groups is 1. The van der Waals surface area contributed by atoms with E-state index in [9.17, 15) is 4.79 Å². The largest absolute Gasteiger partial charge is 0.520 e. The molecule has 0 radical (unpaired) electrons. The molecule has 1 saturated heterocycles. The number of amides is 1. The minimum Gasteiger partial charge on any atom is -0.465 e. The Morgan fingerprint density at radius 3 is 2.25 bits per heavy atom. The van der Waals surface area contributed by atoms with Crippen LogP contribution >= 0.6 is 0 Å². The maximum Gasteiger partial charge on any atom is 0.520 e. The number of nitrogens with zero attached hydrogens (tertiary/aromatic N) is 1. The average Bonchev–Trinajstić information content (AvgIpc) is 3.08. The zero-order chi connectivity index (χ0) is 12.2. The summed E-state index contributed by atoms with van der Waals surface area (Å²) in [6, 6.07) is 0. The van der Waals surface area contributed by atoms with Gasteiger partial charge in [-0.05, 0) is 0 Å². The van der Waals surface area contributed by atoms with Gasteiger partial charge in [0.15, 0.2) is 0 Å². The third kappa shape index (κ3) is 3.42. The number of rotatable bonds is 7. The van der Waals surface area contributed by atoms with Crippen molar-refractivity contribution in [2.24, 2.45) is 0 Å². The summed E-state index contributed by atoms with van der Waals surface area (Å²) in [5, 5.41) is 9.03. The molecule has 1 aliphatic heterocycles. The Labute approximate surface area is 95.2 Å². The summed E-state index contributed by atoms with van der Waals surface area (Å²) >= 11 is 0. The Hall–Kier alpha value is -0.673. The normalized spacial score (nSPS) is 19.6. The van der Waals surface area contributed by atoms with E-state index in [-0.39, 0.29) is 12.3 Å². The average molecular weight is 251 g/mol. The fourth-order valence-corrected chi connectivity index (χ4v) is 2.93. The van der Waals surface area contributed by atoms with Gasteiger partial charge in [0.1, 0.15) is 0 Å². The summed E-state index contributed by atoms with van der Waals surface area (Å²) in [5.74, 6) is 0. The lowest BCUT2D eigenvalue weighted by atomic mass is 10.4. The molecule has 0 saturated carbocycles. The molecule has 94 valence electrons. The Balaban J connectivity index is 2.59. The van der Waals surface area contributed by atoms with Crippen LogP contribution in [-0.2, 0) is 18.0 Å². The topological polar surface area (TPSA) is 80.8 Å². The molecule has 0 bridgehead atoms. The maximum atomic E-state index is 11.0. The van der Waals surface area contributed by atoms with E-state index in [1.165, 1.54) is 26.2 Å². The van der Waals surface area contributed by atoms with E-state index in [4.69, 9.17) is 23.1 Å². The summed E-state index contributed by atoms with van der Waals surface area (Å²) in [4.78, 5) is 12.2. The van der Waals surface area contributed by atoms with E-state index in [1.54, 1.807) is 0 Å². The number of carboxylic acid groups (broad SMARTS) is 1. The van der Waals surface area contributed by atoms with Crippen LogP contribution in [0.15, 0.2) is 0 Å². The SMILES string of the molecule is CO[Si](CN(CC1CO1)C(=O)O)(OC)OC. The van der Waals surface area contributed by atoms with Gasteiger partial charge in [-0.2, -0.15) is 0 Å². The van der Waals surface area contributed by atoms with Crippen LogP contribution in [0.2, 0.25) is 0 Å². The molecule has 16 heavy (non-hydrogen) atoms. The first kappa shape index (κ1) is 13.4. The molecule has 0 aliphatic carbocycles. The second kappa shape index (κ2) is 5.59. The van der Waals surface area contributed by atoms with Gasteiger partial charge in [-0.25, -0.2) is 4.79 Å². The lowest BCUT2D eigenvalue weighted by Gasteiger charge is -2.29. The molecular weight excluding hydrogens is 234 g/mol. The van der Waals surface area contributed by atoms with Gasteiger partial charge in [-0.1, -0.05) is 0 Å². The van der Waals surface area contributed by atoms with Crippen LogP contribution < -0.4 is 0 Å². The highest BCUT2D eigenvalue weighted by Gasteiger charge is 2.43.